The monoisotopic (exact) mass is 371 g/mol. The lowest BCUT2D eigenvalue weighted by Gasteiger charge is -2.19. The van der Waals surface area contributed by atoms with Gasteiger partial charge in [-0.05, 0) is 42.3 Å². The lowest BCUT2D eigenvalue weighted by atomic mass is 10.2. The van der Waals surface area contributed by atoms with Crippen LogP contribution >= 0.6 is 15.9 Å². The zero-order chi connectivity index (χ0) is 16.2. The summed E-state index contributed by atoms with van der Waals surface area (Å²) in [5.74, 6) is 0.755. The van der Waals surface area contributed by atoms with Crippen molar-refractivity contribution in [3.8, 4) is 6.07 Å². The van der Waals surface area contributed by atoms with E-state index in [1.807, 2.05) is 12.1 Å². The molecule has 116 valence electrons. The van der Waals surface area contributed by atoms with E-state index >= 15 is 0 Å². The number of aliphatic imine (C=N–C) groups is 1. The Kier molecular flexibility index (Phi) is 4.73. The average Bonchev–Trinajstić information content (AvgIpc) is 2.98. The summed E-state index contributed by atoms with van der Waals surface area (Å²) in [4.78, 5) is 6.88. The van der Waals surface area contributed by atoms with Crippen molar-refractivity contribution in [2.24, 2.45) is 4.99 Å². The molecule has 0 spiro atoms. The number of hydrogen-bond donors (Lipinski definition) is 0. The fourth-order valence-corrected chi connectivity index (χ4v) is 3.02. The number of likely N-dealkylation sites (tertiary alicyclic amines) is 1. The van der Waals surface area contributed by atoms with Gasteiger partial charge >= 0.3 is 0 Å². The van der Waals surface area contributed by atoms with Crippen molar-refractivity contribution in [2.75, 3.05) is 6.54 Å². The van der Waals surface area contributed by atoms with Gasteiger partial charge in [-0.25, -0.2) is 9.38 Å². The van der Waals surface area contributed by atoms with Crippen molar-refractivity contribution >= 4 is 27.5 Å². The molecule has 1 fully saturated rings. The normalized spacial score (nSPS) is 15.9. The molecule has 2 aromatic carbocycles. The zero-order valence-corrected chi connectivity index (χ0v) is 14.1. The first-order chi connectivity index (χ1) is 11.2. The van der Waals surface area contributed by atoms with Crippen LogP contribution in [-0.2, 0) is 6.54 Å². The Labute approximate surface area is 143 Å². The standard InChI is InChI=1S/C18H15BrFN3/c19-15-5-8-17(14(10-15)11-21)22-18-2-1-9-23(18)12-13-3-6-16(20)7-4-13/h3-8,10H,1-2,9,12H2/b22-18+. The second kappa shape index (κ2) is 6.93. The van der Waals surface area contributed by atoms with Gasteiger partial charge in [0.1, 0.15) is 17.7 Å². The van der Waals surface area contributed by atoms with Gasteiger partial charge < -0.3 is 4.90 Å². The van der Waals surface area contributed by atoms with Gasteiger partial charge in [0.15, 0.2) is 0 Å². The van der Waals surface area contributed by atoms with Crippen molar-refractivity contribution in [3.63, 3.8) is 0 Å². The third-order valence-corrected chi connectivity index (χ3v) is 4.30. The minimum atomic E-state index is -0.224. The molecular formula is C18H15BrFN3. The lowest BCUT2D eigenvalue weighted by Crippen LogP contribution is -2.24. The number of nitrogens with zero attached hydrogens (tertiary/aromatic N) is 3. The minimum absolute atomic E-state index is 0.224. The quantitative estimate of drug-likeness (QED) is 0.778. The fraction of sp³-hybridized carbons (Fsp3) is 0.222. The molecule has 1 saturated heterocycles. The lowest BCUT2D eigenvalue weighted by molar-refractivity contribution is 0.448. The Hall–Kier alpha value is -2.19. The van der Waals surface area contributed by atoms with Crippen LogP contribution in [-0.4, -0.2) is 17.3 Å². The Balaban J connectivity index is 1.84. The average molecular weight is 372 g/mol. The minimum Gasteiger partial charge on any atom is -0.356 e. The molecule has 0 unspecified atom stereocenters. The third-order valence-electron chi connectivity index (χ3n) is 3.81. The Bertz CT molecular complexity index is 778. The second-order valence-corrected chi connectivity index (χ2v) is 6.37. The SMILES string of the molecule is N#Cc1cc(Br)ccc1/N=C1\CCCN1Cc1ccc(F)cc1. The zero-order valence-electron chi connectivity index (χ0n) is 12.5. The van der Waals surface area contributed by atoms with E-state index in [1.54, 1.807) is 18.2 Å². The third kappa shape index (κ3) is 3.77. The Morgan fingerprint density at radius 2 is 2.00 bits per heavy atom. The molecule has 0 aliphatic carbocycles. The first-order valence-electron chi connectivity index (χ1n) is 7.42. The van der Waals surface area contributed by atoms with Crippen LogP contribution in [0.4, 0.5) is 10.1 Å². The maximum Gasteiger partial charge on any atom is 0.123 e. The summed E-state index contributed by atoms with van der Waals surface area (Å²) in [6.07, 6.45) is 1.93. The van der Waals surface area contributed by atoms with Crippen LogP contribution < -0.4 is 0 Å². The predicted molar refractivity (Wildman–Crippen MR) is 92.0 cm³/mol. The topological polar surface area (TPSA) is 39.4 Å². The van der Waals surface area contributed by atoms with E-state index in [1.165, 1.54) is 12.1 Å². The second-order valence-electron chi connectivity index (χ2n) is 5.45. The van der Waals surface area contributed by atoms with Gasteiger partial charge in [-0.15, -0.1) is 0 Å². The summed E-state index contributed by atoms with van der Waals surface area (Å²) in [6.45, 7) is 1.63. The molecule has 0 N–H and O–H groups in total. The summed E-state index contributed by atoms with van der Waals surface area (Å²) < 4.78 is 13.9. The van der Waals surface area contributed by atoms with E-state index in [4.69, 9.17) is 4.99 Å². The molecule has 0 bridgehead atoms. The van der Waals surface area contributed by atoms with Gasteiger partial charge in [0.05, 0.1) is 11.3 Å². The molecule has 0 aromatic heterocycles. The van der Waals surface area contributed by atoms with E-state index in [0.717, 1.165) is 35.3 Å². The van der Waals surface area contributed by atoms with Crippen LogP contribution in [0.3, 0.4) is 0 Å². The molecule has 1 aliphatic rings. The van der Waals surface area contributed by atoms with Gasteiger partial charge in [0, 0.05) is 24.0 Å². The van der Waals surface area contributed by atoms with Gasteiger partial charge in [-0.2, -0.15) is 5.26 Å². The molecule has 0 saturated carbocycles. The Morgan fingerprint density at radius 1 is 1.22 bits per heavy atom. The molecule has 0 atom stereocenters. The first-order valence-corrected chi connectivity index (χ1v) is 8.21. The number of nitriles is 1. The summed E-state index contributed by atoms with van der Waals surface area (Å²) in [6, 6.07) is 14.2. The highest BCUT2D eigenvalue weighted by molar-refractivity contribution is 9.10. The highest BCUT2D eigenvalue weighted by Gasteiger charge is 2.19. The van der Waals surface area contributed by atoms with Crippen LogP contribution in [0.1, 0.15) is 24.0 Å². The van der Waals surface area contributed by atoms with Gasteiger partial charge in [-0.1, -0.05) is 28.1 Å². The summed E-state index contributed by atoms with van der Waals surface area (Å²) in [5, 5.41) is 9.25. The smallest absolute Gasteiger partial charge is 0.123 e. The number of hydrogen-bond acceptors (Lipinski definition) is 2. The number of rotatable bonds is 3. The van der Waals surface area contributed by atoms with Crippen LogP contribution in [0, 0.1) is 17.1 Å². The molecule has 3 rings (SSSR count). The summed E-state index contributed by atoms with van der Waals surface area (Å²) >= 11 is 3.37. The van der Waals surface area contributed by atoms with Gasteiger partial charge in [0.2, 0.25) is 0 Å². The van der Waals surface area contributed by atoms with Crippen LogP contribution in [0.5, 0.6) is 0 Å². The summed E-state index contributed by atoms with van der Waals surface area (Å²) in [7, 11) is 0. The first kappa shape index (κ1) is 15.7. The molecular weight excluding hydrogens is 357 g/mol. The largest absolute Gasteiger partial charge is 0.356 e. The number of amidine groups is 1. The molecule has 23 heavy (non-hydrogen) atoms. The van der Waals surface area contributed by atoms with Crippen molar-refractivity contribution in [2.45, 2.75) is 19.4 Å². The molecule has 5 heteroatoms. The molecule has 2 aromatic rings. The van der Waals surface area contributed by atoms with Crippen LogP contribution in [0.25, 0.3) is 0 Å². The van der Waals surface area contributed by atoms with E-state index in [-0.39, 0.29) is 5.82 Å². The molecule has 0 radical (unpaired) electrons. The highest BCUT2D eigenvalue weighted by atomic mass is 79.9. The highest BCUT2D eigenvalue weighted by Crippen LogP contribution is 2.26. The van der Waals surface area contributed by atoms with E-state index in [9.17, 15) is 9.65 Å². The van der Waals surface area contributed by atoms with Crippen molar-refractivity contribution in [3.05, 3.63) is 63.9 Å². The van der Waals surface area contributed by atoms with Gasteiger partial charge in [-0.3, -0.25) is 0 Å². The predicted octanol–water partition coefficient (Wildman–Crippen LogP) is 4.79. The molecule has 0 amide bonds. The van der Waals surface area contributed by atoms with E-state index in [2.05, 4.69) is 26.9 Å². The van der Waals surface area contributed by atoms with Crippen molar-refractivity contribution in [1.82, 2.24) is 4.90 Å². The molecule has 1 aliphatic heterocycles. The van der Waals surface area contributed by atoms with E-state index in [0.29, 0.717) is 17.8 Å². The van der Waals surface area contributed by atoms with Gasteiger partial charge in [0.25, 0.3) is 0 Å². The van der Waals surface area contributed by atoms with Crippen molar-refractivity contribution in [1.29, 1.82) is 5.26 Å². The molecule has 3 nitrogen and oxygen atoms in total. The van der Waals surface area contributed by atoms with Crippen LogP contribution in [0.15, 0.2) is 51.9 Å². The number of benzene rings is 2. The fourth-order valence-electron chi connectivity index (χ4n) is 2.66. The molecule has 1 heterocycles. The maximum atomic E-state index is 13.0. The Morgan fingerprint density at radius 3 is 2.74 bits per heavy atom. The maximum absolute atomic E-state index is 13.0. The summed E-state index contributed by atoms with van der Waals surface area (Å²) in [5.41, 5.74) is 2.30. The van der Waals surface area contributed by atoms with E-state index < -0.39 is 0 Å². The number of halogens is 2. The van der Waals surface area contributed by atoms with Crippen LogP contribution in [0.2, 0.25) is 0 Å². The van der Waals surface area contributed by atoms with Crippen molar-refractivity contribution < 1.29 is 4.39 Å².